The van der Waals surface area contributed by atoms with E-state index in [2.05, 4.69) is 67.6 Å². The molecule has 0 saturated carbocycles. The van der Waals surface area contributed by atoms with Gasteiger partial charge in [-0.2, -0.15) is 23.5 Å². The first-order valence-corrected chi connectivity index (χ1v) is 15.9. The summed E-state index contributed by atoms with van der Waals surface area (Å²) in [6.45, 7) is 4.98. The minimum Gasteiger partial charge on any atom is -0.365 e. The lowest BCUT2D eigenvalue weighted by atomic mass is 9.95. The normalized spacial score (nSPS) is 17.2. The summed E-state index contributed by atoms with van der Waals surface area (Å²) in [6.07, 6.45) is 0.618. The zero-order valence-electron chi connectivity index (χ0n) is 25.1. The van der Waals surface area contributed by atoms with Crippen LogP contribution < -0.4 is 5.32 Å². The molecule has 5 heterocycles. The SMILES string of the molecule is Cc1c(CN2CC(Cc3ccccc3)C(Nc3ncnc4sc(CC(F)(F)F)cc34)C2)ccc2c1cc(C#N)n2Cc1cn[nH]c1. The van der Waals surface area contributed by atoms with E-state index in [0.717, 1.165) is 59.4 Å². The van der Waals surface area contributed by atoms with Gasteiger partial charge in [-0.1, -0.05) is 36.4 Å². The summed E-state index contributed by atoms with van der Waals surface area (Å²) in [5.74, 6) is 0.811. The molecule has 2 aromatic carbocycles. The summed E-state index contributed by atoms with van der Waals surface area (Å²) in [4.78, 5) is 11.9. The van der Waals surface area contributed by atoms with Crippen LogP contribution in [0.3, 0.4) is 0 Å². The smallest absolute Gasteiger partial charge is 0.365 e. The van der Waals surface area contributed by atoms with Gasteiger partial charge < -0.3 is 9.88 Å². The van der Waals surface area contributed by atoms with Crippen molar-refractivity contribution in [3.8, 4) is 6.07 Å². The second-order valence-corrected chi connectivity index (χ2v) is 13.1. The van der Waals surface area contributed by atoms with Gasteiger partial charge in [0.15, 0.2) is 0 Å². The predicted octanol–water partition coefficient (Wildman–Crippen LogP) is 6.86. The van der Waals surface area contributed by atoms with Crippen molar-refractivity contribution in [3.63, 3.8) is 0 Å². The Morgan fingerprint density at radius 1 is 1.04 bits per heavy atom. The average Bonchev–Trinajstić information content (AvgIpc) is 3.82. The number of halogens is 3. The molecule has 2 unspecified atom stereocenters. The number of nitrogens with zero attached hydrogens (tertiary/aromatic N) is 6. The van der Waals surface area contributed by atoms with Crippen molar-refractivity contribution in [2.75, 3.05) is 18.4 Å². The predicted molar refractivity (Wildman–Crippen MR) is 173 cm³/mol. The van der Waals surface area contributed by atoms with E-state index in [1.165, 1.54) is 17.5 Å². The number of aryl methyl sites for hydroxylation is 1. The molecule has 0 aliphatic carbocycles. The van der Waals surface area contributed by atoms with E-state index in [0.29, 0.717) is 28.3 Å². The van der Waals surface area contributed by atoms with Crippen molar-refractivity contribution in [3.05, 3.63) is 106 Å². The first kappa shape index (κ1) is 30.0. The molecule has 234 valence electrons. The van der Waals surface area contributed by atoms with Crippen LogP contribution in [0.2, 0.25) is 0 Å². The largest absolute Gasteiger partial charge is 0.393 e. The Morgan fingerprint density at radius 3 is 2.65 bits per heavy atom. The summed E-state index contributed by atoms with van der Waals surface area (Å²) in [5, 5.41) is 22.1. The number of H-pyrrole nitrogens is 1. The summed E-state index contributed by atoms with van der Waals surface area (Å²) in [5.41, 5.74) is 6.18. The van der Waals surface area contributed by atoms with Crippen molar-refractivity contribution < 1.29 is 13.2 Å². The monoisotopic (exact) mass is 640 g/mol. The molecule has 0 radical (unpaired) electrons. The highest BCUT2D eigenvalue weighted by Gasteiger charge is 2.34. The topological polar surface area (TPSA) is 98.5 Å². The maximum atomic E-state index is 13.1. The molecule has 1 fully saturated rings. The van der Waals surface area contributed by atoms with Crippen LogP contribution in [0.25, 0.3) is 21.1 Å². The molecule has 4 aromatic heterocycles. The zero-order valence-corrected chi connectivity index (χ0v) is 25.9. The number of likely N-dealkylation sites (tertiary alicyclic amines) is 1. The number of aromatic nitrogens is 5. The molecule has 0 spiro atoms. The minimum absolute atomic E-state index is 0.0227. The molecule has 1 aliphatic rings. The van der Waals surface area contributed by atoms with E-state index in [4.69, 9.17) is 0 Å². The lowest BCUT2D eigenvalue weighted by molar-refractivity contribution is -0.126. The number of benzene rings is 2. The molecule has 6 aromatic rings. The summed E-state index contributed by atoms with van der Waals surface area (Å²) < 4.78 is 41.4. The van der Waals surface area contributed by atoms with Crippen LogP contribution in [0.5, 0.6) is 0 Å². The van der Waals surface area contributed by atoms with Crippen LogP contribution in [0.1, 0.15) is 32.8 Å². The van der Waals surface area contributed by atoms with Gasteiger partial charge in [-0.15, -0.1) is 11.3 Å². The standard InChI is InChI=1S/C34H31F3N8S/c1-21-24(7-8-31-28(21)10-26(13-38)45(31)16-23-14-41-42-15-23)17-44-18-25(9-22-5-3-2-4-6-22)30(19-44)43-32-29-11-27(12-34(35,36)37)46-33(29)40-20-39-32/h2-8,10-11,14-15,20,25,30H,9,12,16-19H2,1H3,(H,41,42)(H,39,40,43). The van der Waals surface area contributed by atoms with Crippen LogP contribution >= 0.6 is 11.3 Å². The van der Waals surface area contributed by atoms with Crippen molar-refractivity contribution in [2.45, 2.75) is 45.1 Å². The molecule has 7 rings (SSSR count). The first-order chi connectivity index (χ1) is 22.2. The van der Waals surface area contributed by atoms with Gasteiger partial charge in [0, 0.05) is 53.2 Å². The second kappa shape index (κ2) is 12.2. The Labute approximate surface area is 267 Å². The fourth-order valence-corrected chi connectivity index (χ4v) is 7.63. The van der Waals surface area contributed by atoms with E-state index < -0.39 is 12.6 Å². The number of anilines is 1. The van der Waals surface area contributed by atoms with E-state index in [1.54, 1.807) is 12.3 Å². The van der Waals surface area contributed by atoms with E-state index in [-0.39, 0.29) is 16.8 Å². The van der Waals surface area contributed by atoms with Gasteiger partial charge in [0.25, 0.3) is 0 Å². The van der Waals surface area contributed by atoms with Crippen LogP contribution in [0.4, 0.5) is 19.0 Å². The molecule has 1 aliphatic heterocycles. The molecule has 1 saturated heterocycles. The number of aromatic amines is 1. The van der Waals surface area contributed by atoms with Crippen molar-refractivity contribution in [1.29, 1.82) is 5.26 Å². The Kier molecular flexibility index (Phi) is 7.96. The highest BCUT2D eigenvalue weighted by Crippen LogP contribution is 2.35. The number of hydrogen-bond acceptors (Lipinski definition) is 7. The third-order valence-corrected chi connectivity index (χ3v) is 9.85. The maximum Gasteiger partial charge on any atom is 0.393 e. The average molecular weight is 641 g/mol. The number of nitriles is 1. The summed E-state index contributed by atoms with van der Waals surface area (Å²) in [7, 11) is 0. The van der Waals surface area contributed by atoms with Gasteiger partial charge in [-0.05, 0) is 54.2 Å². The number of nitrogens with one attached hydrogen (secondary N) is 2. The van der Waals surface area contributed by atoms with Gasteiger partial charge in [0.2, 0.25) is 0 Å². The minimum atomic E-state index is -4.28. The number of hydrogen-bond donors (Lipinski definition) is 2. The van der Waals surface area contributed by atoms with Gasteiger partial charge >= 0.3 is 6.18 Å². The molecule has 12 heteroatoms. The molecule has 8 nitrogen and oxygen atoms in total. The van der Waals surface area contributed by atoms with Crippen LogP contribution in [-0.4, -0.2) is 54.9 Å². The Bertz CT molecular complexity index is 2030. The zero-order chi connectivity index (χ0) is 31.8. The Morgan fingerprint density at radius 2 is 1.89 bits per heavy atom. The van der Waals surface area contributed by atoms with Crippen LogP contribution in [0, 0.1) is 24.2 Å². The molecule has 0 bridgehead atoms. The third-order valence-electron chi connectivity index (χ3n) is 8.81. The van der Waals surface area contributed by atoms with Gasteiger partial charge in [0.05, 0.1) is 24.5 Å². The molecule has 46 heavy (non-hydrogen) atoms. The Balaban J connectivity index is 1.15. The van der Waals surface area contributed by atoms with Crippen LogP contribution in [0.15, 0.2) is 73.3 Å². The maximum absolute atomic E-state index is 13.1. The lowest BCUT2D eigenvalue weighted by Gasteiger charge is -2.21. The number of rotatable bonds is 9. The molecule has 0 amide bonds. The highest BCUT2D eigenvalue weighted by molar-refractivity contribution is 7.18. The second-order valence-electron chi connectivity index (χ2n) is 12.0. The number of alkyl halides is 3. The highest BCUT2D eigenvalue weighted by atomic mass is 32.1. The van der Waals surface area contributed by atoms with E-state index in [9.17, 15) is 18.4 Å². The van der Waals surface area contributed by atoms with Crippen molar-refractivity contribution >= 4 is 38.3 Å². The molecular formula is C34H31F3N8S. The molecule has 2 N–H and O–H groups in total. The number of fused-ring (bicyclic) bond motifs is 2. The van der Waals surface area contributed by atoms with Crippen LogP contribution in [-0.2, 0) is 25.9 Å². The van der Waals surface area contributed by atoms with Crippen molar-refractivity contribution in [2.24, 2.45) is 5.92 Å². The molecular weight excluding hydrogens is 609 g/mol. The fourth-order valence-electron chi connectivity index (χ4n) is 6.60. The van der Waals surface area contributed by atoms with E-state index in [1.807, 2.05) is 35.0 Å². The van der Waals surface area contributed by atoms with Crippen molar-refractivity contribution in [1.82, 2.24) is 29.6 Å². The Hall–Kier alpha value is -4.73. The lowest BCUT2D eigenvalue weighted by Crippen LogP contribution is -2.30. The van der Waals surface area contributed by atoms with E-state index >= 15 is 0 Å². The molecule has 2 atom stereocenters. The van der Waals surface area contributed by atoms with Gasteiger partial charge in [-0.3, -0.25) is 10.00 Å². The number of thiophene rings is 1. The summed E-state index contributed by atoms with van der Waals surface area (Å²) >= 11 is 1.06. The third kappa shape index (κ3) is 6.21. The summed E-state index contributed by atoms with van der Waals surface area (Å²) in [6, 6.07) is 20.5. The van der Waals surface area contributed by atoms with Gasteiger partial charge in [0.1, 0.15) is 28.7 Å². The fraction of sp³-hybridized carbons (Fsp3) is 0.294. The van der Waals surface area contributed by atoms with Gasteiger partial charge in [-0.25, -0.2) is 9.97 Å². The quantitative estimate of drug-likeness (QED) is 0.179. The first-order valence-electron chi connectivity index (χ1n) is 15.1.